The molecule has 0 bridgehead atoms. The lowest BCUT2D eigenvalue weighted by Crippen LogP contribution is -2.48. The molecule has 0 spiro atoms. The fourth-order valence-electron chi connectivity index (χ4n) is 3.58. The Hall–Kier alpha value is -2.63. The number of hydrogen-bond donors (Lipinski definition) is 0. The molecule has 1 aliphatic rings. The number of para-hydroxylation sites is 1. The SMILES string of the molecule is CCC1CCCCN1C(=O)C(C)OC(=O)Cc1cnn(-c2ccccc2)c1. The summed E-state index contributed by atoms with van der Waals surface area (Å²) in [5.41, 5.74) is 1.68. The summed E-state index contributed by atoms with van der Waals surface area (Å²) < 4.78 is 7.13. The largest absolute Gasteiger partial charge is 0.452 e. The van der Waals surface area contributed by atoms with E-state index in [1.165, 1.54) is 0 Å². The average molecular weight is 369 g/mol. The zero-order chi connectivity index (χ0) is 19.2. The highest BCUT2D eigenvalue weighted by molar-refractivity contribution is 5.84. The lowest BCUT2D eigenvalue weighted by atomic mass is 9.99. The van der Waals surface area contributed by atoms with Crippen LogP contribution in [0.15, 0.2) is 42.7 Å². The van der Waals surface area contributed by atoms with Crippen molar-refractivity contribution in [3.8, 4) is 5.69 Å². The van der Waals surface area contributed by atoms with Crippen molar-refractivity contribution in [3.63, 3.8) is 0 Å². The zero-order valence-electron chi connectivity index (χ0n) is 16.0. The summed E-state index contributed by atoms with van der Waals surface area (Å²) in [6, 6.07) is 9.95. The first-order valence-electron chi connectivity index (χ1n) is 9.67. The van der Waals surface area contributed by atoms with Crippen molar-refractivity contribution in [1.82, 2.24) is 14.7 Å². The molecule has 27 heavy (non-hydrogen) atoms. The summed E-state index contributed by atoms with van der Waals surface area (Å²) in [7, 11) is 0. The van der Waals surface area contributed by atoms with E-state index in [2.05, 4.69) is 12.0 Å². The van der Waals surface area contributed by atoms with Crippen LogP contribution < -0.4 is 0 Å². The number of nitrogens with zero attached hydrogens (tertiary/aromatic N) is 3. The number of piperidine rings is 1. The van der Waals surface area contributed by atoms with Crippen molar-refractivity contribution in [2.45, 2.75) is 58.1 Å². The van der Waals surface area contributed by atoms with Crippen LogP contribution in [0.4, 0.5) is 0 Å². The Balaban J connectivity index is 1.56. The number of esters is 1. The predicted octanol–water partition coefficient (Wildman–Crippen LogP) is 3.14. The molecule has 144 valence electrons. The normalized spacial score (nSPS) is 18.1. The molecule has 0 N–H and O–H groups in total. The quantitative estimate of drug-likeness (QED) is 0.734. The van der Waals surface area contributed by atoms with Gasteiger partial charge in [0.05, 0.1) is 18.3 Å². The maximum Gasteiger partial charge on any atom is 0.311 e. The van der Waals surface area contributed by atoms with E-state index in [-0.39, 0.29) is 18.4 Å². The fourth-order valence-corrected chi connectivity index (χ4v) is 3.58. The minimum atomic E-state index is -0.756. The van der Waals surface area contributed by atoms with Crippen molar-refractivity contribution >= 4 is 11.9 Å². The maximum absolute atomic E-state index is 12.7. The Labute approximate surface area is 160 Å². The topological polar surface area (TPSA) is 64.4 Å². The van der Waals surface area contributed by atoms with Gasteiger partial charge in [-0.2, -0.15) is 5.10 Å². The van der Waals surface area contributed by atoms with Crippen molar-refractivity contribution in [2.24, 2.45) is 0 Å². The van der Waals surface area contributed by atoms with Gasteiger partial charge in [0.1, 0.15) is 0 Å². The van der Waals surface area contributed by atoms with E-state index in [1.807, 2.05) is 35.2 Å². The molecule has 6 heteroatoms. The molecule has 3 rings (SSSR count). The number of aromatic nitrogens is 2. The van der Waals surface area contributed by atoms with Gasteiger partial charge in [0.25, 0.3) is 5.91 Å². The molecule has 1 fully saturated rings. The van der Waals surface area contributed by atoms with Crippen LogP contribution in [0.3, 0.4) is 0 Å². The summed E-state index contributed by atoms with van der Waals surface area (Å²) in [5.74, 6) is -0.497. The summed E-state index contributed by atoms with van der Waals surface area (Å²) in [6.45, 7) is 4.51. The standard InChI is InChI=1S/C21H27N3O3/c1-3-18-9-7-8-12-23(18)21(26)16(2)27-20(25)13-17-14-22-24(15-17)19-10-5-4-6-11-19/h4-6,10-11,14-16,18H,3,7-9,12-13H2,1-2H3. The van der Waals surface area contributed by atoms with E-state index in [0.29, 0.717) is 0 Å². The highest BCUT2D eigenvalue weighted by Crippen LogP contribution is 2.21. The van der Waals surface area contributed by atoms with E-state index < -0.39 is 12.1 Å². The zero-order valence-corrected chi connectivity index (χ0v) is 16.0. The van der Waals surface area contributed by atoms with Crippen LogP contribution in [-0.4, -0.2) is 45.2 Å². The smallest absolute Gasteiger partial charge is 0.311 e. The first-order valence-corrected chi connectivity index (χ1v) is 9.67. The summed E-state index contributed by atoms with van der Waals surface area (Å²) in [4.78, 5) is 26.8. The maximum atomic E-state index is 12.7. The molecule has 1 amide bonds. The van der Waals surface area contributed by atoms with Crippen LogP contribution in [0.2, 0.25) is 0 Å². The van der Waals surface area contributed by atoms with Crippen molar-refractivity contribution in [2.75, 3.05) is 6.54 Å². The van der Waals surface area contributed by atoms with Gasteiger partial charge >= 0.3 is 5.97 Å². The van der Waals surface area contributed by atoms with Gasteiger partial charge in [0, 0.05) is 24.3 Å². The molecule has 0 saturated carbocycles. The molecule has 1 aliphatic heterocycles. The Morgan fingerprint density at radius 3 is 2.78 bits per heavy atom. The highest BCUT2D eigenvalue weighted by Gasteiger charge is 2.30. The number of rotatable bonds is 6. The van der Waals surface area contributed by atoms with Gasteiger partial charge < -0.3 is 9.64 Å². The minimum Gasteiger partial charge on any atom is -0.452 e. The molecule has 2 unspecified atom stereocenters. The second kappa shape index (κ2) is 8.84. The third-order valence-corrected chi connectivity index (χ3v) is 5.04. The molecule has 0 aliphatic carbocycles. The van der Waals surface area contributed by atoms with E-state index in [4.69, 9.17) is 4.74 Å². The molecule has 1 saturated heterocycles. The number of carbonyl (C=O) groups is 2. The average Bonchev–Trinajstić information content (AvgIpc) is 3.16. The summed E-state index contributed by atoms with van der Waals surface area (Å²) in [6.07, 6.45) is 6.94. The van der Waals surface area contributed by atoms with Gasteiger partial charge in [-0.25, -0.2) is 4.68 Å². The van der Waals surface area contributed by atoms with Crippen LogP contribution in [-0.2, 0) is 20.7 Å². The Morgan fingerprint density at radius 2 is 2.04 bits per heavy atom. The molecular weight excluding hydrogens is 342 g/mol. The summed E-state index contributed by atoms with van der Waals surface area (Å²) >= 11 is 0. The Bertz CT molecular complexity index is 772. The van der Waals surface area contributed by atoms with E-state index in [1.54, 1.807) is 24.0 Å². The van der Waals surface area contributed by atoms with E-state index >= 15 is 0 Å². The second-order valence-electron chi connectivity index (χ2n) is 7.03. The van der Waals surface area contributed by atoms with Gasteiger partial charge in [-0.15, -0.1) is 0 Å². The van der Waals surface area contributed by atoms with Crippen LogP contribution in [0.25, 0.3) is 5.69 Å². The predicted molar refractivity (Wildman–Crippen MR) is 102 cm³/mol. The Morgan fingerprint density at radius 1 is 1.26 bits per heavy atom. The van der Waals surface area contributed by atoms with Crippen LogP contribution in [0.5, 0.6) is 0 Å². The van der Waals surface area contributed by atoms with Gasteiger partial charge in [-0.05, 0) is 44.7 Å². The number of likely N-dealkylation sites (tertiary alicyclic amines) is 1. The molecule has 6 nitrogen and oxygen atoms in total. The molecule has 1 aromatic carbocycles. The molecule has 2 heterocycles. The first-order chi connectivity index (χ1) is 13.1. The number of carbonyl (C=O) groups excluding carboxylic acids is 2. The van der Waals surface area contributed by atoms with Crippen molar-refractivity contribution < 1.29 is 14.3 Å². The van der Waals surface area contributed by atoms with Crippen molar-refractivity contribution in [1.29, 1.82) is 0 Å². The first kappa shape index (κ1) is 19.1. The van der Waals surface area contributed by atoms with E-state index in [0.717, 1.165) is 43.5 Å². The number of benzene rings is 1. The molecule has 2 atom stereocenters. The monoisotopic (exact) mass is 369 g/mol. The minimum absolute atomic E-state index is 0.0881. The van der Waals surface area contributed by atoms with Crippen molar-refractivity contribution in [3.05, 3.63) is 48.3 Å². The third-order valence-electron chi connectivity index (χ3n) is 5.04. The number of amides is 1. The van der Waals surface area contributed by atoms with Gasteiger partial charge in [0.2, 0.25) is 0 Å². The van der Waals surface area contributed by atoms with Gasteiger partial charge in [0.15, 0.2) is 6.10 Å². The van der Waals surface area contributed by atoms with Crippen LogP contribution in [0.1, 0.15) is 45.1 Å². The third kappa shape index (κ3) is 4.76. The van der Waals surface area contributed by atoms with Gasteiger partial charge in [-0.1, -0.05) is 25.1 Å². The Kier molecular flexibility index (Phi) is 6.27. The van der Waals surface area contributed by atoms with E-state index in [9.17, 15) is 9.59 Å². The fraction of sp³-hybridized carbons (Fsp3) is 0.476. The highest BCUT2D eigenvalue weighted by atomic mass is 16.5. The lowest BCUT2D eigenvalue weighted by molar-refractivity contribution is -0.160. The number of ether oxygens (including phenoxy) is 1. The molecule has 1 aromatic heterocycles. The molecular formula is C21H27N3O3. The van der Waals surface area contributed by atoms with Crippen LogP contribution >= 0.6 is 0 Å². The van der Waals surface area contributed by atoms with Gasteiger partial charge in [-0.3, -0.25) is 9.59 Å². The molecule has 2 aromatic rings. The second-order valence-corrected chi connectivity index (χ2v) is 7.03. The number of hydrogen-bond acceptors (Lipinski definition) is 4. The lowest BCUT2D eigenvalue weighted by Gasteiger charge is -2.36. The van der Waals surface area contributed by atoms with Crippen LogP contribution in [0, 0.1) is 0 Å². The summed E-state index contributed by atoms with van der Waals surface area (Å²) in [5, 5.41) is 4.28. The molecule has 0 radical (unpaired) electrons.